The Morgan fingerprint density at radius 2 is 1.69 bits per heavy atom. The summed E-state index contributed by atoms with van der Waals surface area (Å²) in [6.45, 7) is 0.192. The van der Waals surface area contributed by atoms with Gasteiger partial charge in [-0.15, -0.1) is 0 Å². The van der Waals surface area contributed by atoms with Crippen molar-refractivity contribution in [2.45, 2.75) is 35.2 Å². The van der Waals surface area contributed by atoms with E-state index in [0.29, 0.717) is 23.2 Å². The van der Waals surface area contributed by atoms with Crippen molar-refractivity contribution < 1.29 is 29.6 Å². The largest absolute Gasteiger partial charge is 0.273 e. The summed E-state index contributed by atoms with van der Waals surface area (Å²) in [6.07, 6.45) is 3.90. The van der Waals surface area contributed by atoms with Crippen LogP contribution in [0.15, 0.2) is 58.6 Å². The summed E-state index contributed by atoms with van der Waals surface area (Å²) in [4.78, 5) is 3.41. The molecular formula is C21H23FN4O6S3. The van der Waals surface area contributed by atoms with Crippen LogP contribution in [0.5, 0.6) is 0 Å². The molecule has 3 aromatic rings. The summed E-state index contributed by atoms with van der Waals surface area (Å²) in [6, 6.07) is 8.82. The summed E-state index contributed by atoms with van der Waals surface area (Å²) in [5.74, 6) is -1.01. The van der Waals surface area contributed by atoms with Gasteiger partial charge in [0, 0.05) is 30.7 Å². The highest BCUT2D eigenvalue weighted by atomic mass is 32.2. The third kappa shape index (κ3) is 4.16. The standard InChI is InChI=1S/C21H23FN4O6S3/c1-33(27,28)24-18-14-21(18)8-11-25(12-9-21)35(31,32)19-13-15-5-4-10-23-20(15)26(19)34(29,30)17-7-3-2-6-16(17)22/h2-7,10,13,18,24H,8-9,11-12,14H2,1H3. The van der Waals surface area contributed by atoms with Crippen LogP contribution < -0.4 is 4.72 Å². The lowest BCUT2D eigenvalue weighted by Gasteiger charge is -2.32. The molecule has 2 aliphatic rings. The molecule has 0 amide bonds. The third-order valence-corrected chi connectivity index (χ3v) is 11.2. The van der Waals surface area contributed by atoms with E-state index in [1.807, 2.05) is 0 Å². The molecule has 188 valence electrons. The molecule has 1 N–H and O–H groups in total. The van der Waals surface area contributed by atoms with E-state index >= 15 is 0 Å². The average Bonchev–Trinajstić information content (AvgIpc) is 3.25. The Balaban J connectivity index is 1.53. The lowest BCUT2D eigenvalue weighted by Crippen LogP contribution is -2.42. The summed E-state index contributed by atoms with van der Waals surface area (Å²) >= 11 is 0. The van der Waals surface area contributed by atoms with Crippen LogP contribution in [0, 0.1) is 11.2 Å². The zero-order valence-corrected chi connectivity index (χ0v) is 21.1. The van der Waals surface area contributed by atoms with Gasteiger partial charge in [-0.3, -0.25) is 0 Å². The fraction of sp³-hybridized carbons (Fsp3) is 0.381. The molecule has 35 heavy (non-hydrogen) atoms. The van der Waals surface area contributed by atoms with Gasteiger partial charge in [0.2, 0.25) is 10.0 Å². The molecule has 5 rings (SSSR count). The second kappa shape index (κ2) is 8.06. The number of hydrogen-bond acceptors (Lipinski definition) is 7. The minimum Gasteiger partial charge on any atom is -0.237 e. The van der Waals surface area contributed by atoms with Crippen molar-refractivity contribution in [3.63, 3.8) is 0 Å². The van der Waals surface area contributed by atoms with Crippen molar-refractivity contribution in [3.8, 4) is 0 Å². The first kappa shape index (κ1) is 24.3. The van der Waals surface area contributed by atoms with Gasteiger partial charge in [0.05, 0.1) is 6.26 Å². The summed E-state index contributed by atoms with van der Waals surface area (Å²) in [5, 5.41) is -0.244. The fourth-order valence-electron chi connectivity index (χ4n) is 4.78. The summed E-state index contributed by atoms with van der Waals surface area (Å²) in [5.41, 5.74) is -0.426. The number of nitrogens with one attached hydrogen (secondary N) is 1. The molecule has 10 nitrogen and oxygen atoms in total. The van der Waals surface area contributed by atoms with Gasteiger partial charge in [-0.1, -0.05) is 12.1 Å². The fourth-order valence-corrected chi connectivity index (χ4v) is 9.14. The number of halogens is 1. The van der Waals surface area contributed by atoms with Gasteiger partial charge >= 0.3 is 0 Å². The van der Waals surface area contributed by atoms with E-state index in [4.69, 9.17) is 0 Å². The average molecular weight is 543 g/mol. The zero-order chi connectivity index (χ0) is 25.2. The Kier molecular flexibility index (Phi) is 5.60. The number of sulfonamides is 2. The first-order valence-corrected chi connectivity index (χ1v) is 15.6. The second-order valence-corrected chi connectivity index (χ2v) is 14.4. The number of benzene rings is 1. The predicted molar refractivity (Wildman–Crippen MR) is 126 cm³/mol. The molecule has 14 heteroatoms. The monoisotopic (exact) mass is 542 g/mol. The number of pyridine rings is 1. The highest BCUT2D eigenvalue weighted by Gasteiger charge is 2.57. The number of aromatic nitrogens is 2. The van der Waals surface area contributed by atoms with E-state index in [-0.39, 0.29) is 35.6 Å². The van der Waals surface area contributed by atoms with Gasteiger partial charge in [0.15, 0.2) is 10.7 Å². The Bertz CT molecular complexity index is 1640. The SMILES string of the molecule is CS(=O)(=O)NC1CC12CCN(S(=O)(=O)c1cc3cccnc3n1S(=O)(=O)c1ccccc1F)CC2. The molecule has 1 saturated carbocycles. The molecule has 1 saturated heterocycles. The molecule has 1 aliphatic heterocycles. The minimum absolute atomic E-state index is 0.0962. The highest BCUT2D eigenvalue weighted by Crippen LogP contribution is 2.54. The zero-order valence-electron chi connectivity index (χ0n) is 18.6. The van der Waals surface area contributed by atoms with E-state index in [0.717, 1.165) is 18.4 Å². The number of fused-ring (bicyclic) bond motifs is 1. The Labute approximate surface area is 202 Å². The van der Waals surface area contributed by atoms with Gasteiger partial charge in [0.25, 0.3) is 20.0 Å². The molecule has 0 bridgehead atoms. The smallest absolute Gasteiger partial charge is 0.237 e. The van der Waals surface area contributed by atoms with Crippen LogP contribution in [0.3, 0.4) is 0 Å². The molecular weight excluding hydrogens is 519 g/mol. The van der Waals surface area contributed by atoms with Crippen LogP contribution in [-0.4, -0.2) is 63.9 Å². The highest BCUT2D eigenvalue weighted by molar-refractivity contribution is 7.92. The normalized spacial score (nSPS) is 20.9. The Morgan fingerprint density at radius 3 is 2.34 bits per heavy atom. The van der Waals surface area contributed by atoms with Crippen molar-refractivity contribution in [1.29, 1.82) is 0 Å². The van der Waals surface area contributed by atoms with Crippen molar-refractivity contribution in [1.82, 2.24) is 18.0 Å². The lowest BCUT2D eigenvalue weighted by molar-refractivity contribution is 0.248. The van der Waals surface area contributed by atoms with E-state index < -0.39 is 45.8 Å². The topological polar surface area (TPSA) is 136 Å². The molecule has 1 spiro atoms. The molecule has 2 fully saturated rings. The van der Waals surface area contributed by atoms with Crippen LogP contribution in [0.1, 0.15) is 19.3 Å². The predicted octanol–water partition coefficient (Wildman–Crippen LogP) is 1.50. The van der Waals surface area contributed by atoms with Gasteiger partial charge in [-0.2, -0.15) is 4.31 Å². The van der Waals surface area contributed by atoms with Gasteiger partial charge < -0.3 is 0 Å². The van der Waals surface area contributed by atoms with E-state index in [1.54, 1.807) is 6.07 Å². The molecule has 1 atom stereocenters. The summed E-state index contributed by atoms with van der Waals surface area (Å²) < 4.78 is 96.4. The molecule has 1 unspecified atom stereocenters. The molecule has 1 aliphatic carbocycles. The number of nitrogens with zero attached hydrogens (tertiary/aromatic N) is 3. The molecule has 1 aromatic carbocycles. The van der Waals surface area contributed by atoms with Gasteiger partial charge in [-0.05, 0) is 55.0 Å². The van der Waals surface area contributed by atoms with E-state index in [2.05, 4.69) is 9.71 Å². The van der Waals surface area contributed by atoms with Crippen molar-refractivity contribution in [2.24, 2.45) is 5.41 Å². The maximum atomic E-state index is 14.5. The van der Waals surface area contributed by atoms with Gasteiger partial charge in [-0.25, -0.2) is 43.3 Å². The molecule has 2 aromatic heterocycles. The maximum absolute atomic E-state index is 14.5. The number of hydrogen-bond donors (Lipinski definition) is 1. The maximum Gasteiger partial charge on any atom is 0.273 e. The quantitative estimate of drug-likeness (QED) is 0.499. The second-order valence-electron chi connectivity index (χ2n) is 9.01. The van der Waals surface area contributed by atoms with Crippen LogP contribution in [-0.2, 0) is 30.1 Å². The van der Waals surface area contributed by atoms with Crippen LogP contribution in [0.4, 0.5) is 4.39 Å². The Hall–Kier alpha value is -2.39. The van der Waals surface area contributed by atoms with Crippen LogP contribution in [0.2, 0.25) is 0 Å². The minimum atomic E-state index is -4.65. The number of piperidine rings is 1. The summed E-state index contributed by atoms with van der Waals surface area (Å²) in [7, 11) is -12.3. The number of rotatable bonds is 6. The van der Waals surface area contributed by atoms with Crippen molar-refractivity contribution in [2.75, 3.05) is 19.3 Å². The van der Waals surface area contributed by atoms with Crippen molar-refractivity contribution in [3.05, 3.63) is 54.5 Å². The van der Waals surface area contributed by atoms with Crippen LogP contribution >= 0.6 is 0 Å². The molecule has 3 heterocycles. The third-order valence-electron chi connectivity index (χ3n) is 6.71. The first-order valence-electron chi connectivity index (χ1n) is 10.8. The van der Waals surface area contributed by atoms with Gasteiger partial charge in [0.1, 0.15) is 10.7 Å². The van der Waals surface area contributed by atoms with E-state index in [1.165, 1.54) is 34.8 Å². The van der Waals surface area contributed by atoms with Crippen molar-refractivity contribution >= 4 is 41.1 Å². The first-order chi connectivity index (χ1) is 16.4. The van der Waals surface area contributed by atoms with Crippen LogP contribution in [0.25, 0.3) is 11.0 Å². The lowest BCUT2D eigenvalue weighted by atomic mass is 9.94. The molecule has 0 radical (unpaired) electrons. The Morgan fingerprint density at radius 1 is 1.00 bits per heavy atom. The van der Waals surface area contributed by atoms with E-state index in [9.17, 15) is 29.6 Å².